The summed E-state index contributed by atoms with van der Waals surface area (Å²) < 4.78 is 17.7. The fourth-order valence-electron chi connectivity index (χ4n) is 12.6. The lowest BCUT2D eigenvalue weighted by molar-refractivity contribution is -0.305. The van der Waals surface area contributed by atoms with Crippen molar-refractivity contribution in [3.8, 4) is 0 Å². The molecule has 20 atom stereocenters. The van der Waals surface area contributed by atoms with Gasteiger partial charge in [0.25, 0.3) is 0 Å². The van der Waals surface area contributed by atoms with Gasteiger partial charge >= 0.3 is 5.97 Å². The standard InChI is InChI=1S/C55H103N3O17.C16H32O2/c1-7-8-19-43-49(69)33(3)22-23-38(61)17-11-16-37(60)18-12-20-44(66)34(4)26-47(73-54-51(71)50(70)48(31-59)74-54)46(68)30-42(65)29-41(64)28-40(63)27-39(62)15-10-9-14-32(2)25-35(5)52(75-53(43)72)36(6)45(67)21-13-24-58-55(56)57;1-2-3-4-5-6-7-8-9-10-11-12-13-14-15-16(17)18/h25-26,33,35-52,54,59-71H,7-24,27-31H2,1-6H3,(H4,56,57,58);2-15H2,1H3,(H,17,18)/p-1/b32-25+,34-26+;/t33?,35?,36?,37?,38?,39?,40?,41?,42?,43?,44?,45?,46?,47?,48-,49?,50-,51+,52?,54+;/m1./s1. The van der Waals surface area contributed by atoms with E-state index in [2.05, 4.69) is 11.9 Å². The fourth-order valence-corrected chi connectivity index (χ4v) is 12.6. The highest BCUT2D eigenvalue weighted by atomic mass is 16.7. The van der Waals surface area contributed by atoms with Crippen molar-refractivity contribution in [1.29, 1.82) is 0 Å². The number of cyclic esters (lactones) is 1. The lowest BCUT2D eigenvalue weighted by Crippen LogP contribution is -2.42. The molecule has 548 valence electrons. The molecule has 0 radical (unpaired) electrons. The van der Waals surface area contributed by atoms with Gasteiger partial charge in [0.1, 0.15) is 30.5 Å². The first-order valence-electron chi connectivity index (χ1n) is 36.1. The molecule has 2 rings (SSSR count). The molecule has 16 unspecified atom stereocenters. The third-order valence-corrected chi connectivity index (χ3v) is 18.7. The summed E-state index contributed by atoms with van der Waals surface area (Å²) in [6.45, 7) is 13.1. The molecule has 1 saturated heterocycles. The van der Waals surface area contributed by atoms with Crippen LogP contribution in [0, 0.1) is 23.7 Å². The third-order valence-electron chi connectivity index (χ3n) is 18.7. The Balaban J connectivity index is 0.00000207. The second-order valence-electron chi connectivity index (χ2n) is 27.6. The molecule has 0 bridgehead atoms. The summed E-state index contributed by atoms with van der Waals surface area (Å²) in [5.41, 5.74) is 12.4. The number of hydrogen-bond acceptors (Lipinski definition) is 20. The highest BCUT2D eigenvalue weighted by molar-refractivity contribution is 5.75. The molecule has 0 spiro atoms. The Morgan fingerprint density at radius 1 is 0.645 bits per heavy atom. The van der Waals surface area contributed by atoms with E-state index in [1.807, 2.05) is 40.7 Å². The maximum atomic E-state index is 14.2. The number of aliphatic hydroxyl groups excluding tert-OH is 13. The van der Waals surface area contributed by atoms with Crippen molar-refractivity contribution in [3.63, 3.8) is 0 Å². The molecule has 93 heavy (non-hydrogen) atoms. The second-order valence-corrected chi connectivity index (χ2v) is 27.6. The van der Waals surface area contributed by atoms with Crippen molar-refractivity contribution in [2.24, 2.45) is 40.1 Å². The number of unbranched alkanes of at least 4 members (excludes halogenated alkanes) is 13. The number of carbonyl (C=O) groups is 2. The number of carboxylic acids is 1. The van der Waals surface area contributed by atoms with E-state index in [1.165, 1.54) is 76.7 Å². The summed E-state index contributed by atoms with van der Waals surface area (Å²) in [6.07, 6.45) is 9.51. The maximum Gasteiger partial charge on any atom is 0.311 e. The molecule has 0 aromatic rings. The molecule has 0 amide bonds. The molecule has 0 aliphatic carbocycles. The number of carboxylic acid groups (broad SMARTS) is 1. The number of rotatable bonds is 26. The van der Waals surface area contributed by atoms with Crippen molar-refractivity contribution in [2.45, 2.75) is 371 Å². The van der Waals surface area contributed by atoms with Gasteiger partial charge in [0.05, 0.1) is 73.6 Å². The molecule has 22 nitrogen and oxygen atoms in total. The van der Waals surface area contributed by atoms with Crippen LogP contribution in [-0.2, 0) is 23.8 Å². The van der Waals surface area contributed by atoms with Crippen LogP contribution < -0.4 is 16.6 Å². The number of guanidine groups is 1. The number of hydrogen-bond donors (Lipinski definition) is 15. The highest BCUT2D eigenvalue weighted by Crippen LogP contribution is 2.32. The third kappa shape index (κ3) is 40.5. The van der Waals surface area contributed by atoms with Crippen LogP contribution in [0.5, 0.6) is 0 Å². The monoisotopic (exact) mass is 1330 g/mol. The number of aliphatic imine (C=N–C) groups is 1. The summed E-state index contributed by atoms with van der Waals surface area (Å²) in [5, 5.41) is 151. The first kappa shape index (κ1) is 88.1. The van der Waals surface area contributed by atoms with Crippen LogP contribution in [0.4, 0.5) is 0 Å². The van der Waals surface area contributed by atoms with E-state index in [9.17, 15) is 81.1 Å². The zero-order valence-electron chi connectivity index (χ0n) is 58.2. The van der Waals surface area contributed by atoms with Crippen LogP contribution in [0.2, 0.25) is 0 Å². The molecule has 0 aromatic carbocycles. The van der Waals surface area contributed by atoms with Gasteiger partial charge in [0.2, 0.25) is 0 Å². The summed E-state index contributed by atoms with van der Waals surface area (Å²) in [7, 11) is 0. The van der Waals surface area contributed by atoms with E-state index in [1.54, 1.807) is 6.92 Å². The Morgan fingerprint density at radius 3 is 1.72 bits per heavy atom. The van der Waals surface area contributed by atoms with Crippen molar-refractivity contribution in [3.05, 3.63) is 23.3 Å². The van der Waals surface area contributed by atoms with E-state index in [4.69, 9.17) is 25.7 Å². The lowest BCUT2D eigenvalue weighted by Gasteiger charge is -2.34. The SMILES string of the molecule is CCCCC1C(=O)OC(C(C)C(O)CCCN=C(N)N)C(C)/C=C(\C)CCCCC(O)CC(O)CC(O)CC(O)CC(O)C(O[C@H]2O[C@H](CO)[C@@H](O)[C@@H]2O)/C=C(\C)C(O)CCCC(O)CCCC(O)CCC(C)C1O.CCCCCCCCCCCCCCCC(=O)[O-]. The van der Waals surface area contributed by atoms with E-state index in [0.29, 0.717) is 108 Å². The van der Waals surface area contributed by atoms with Crippen LogP contribution in [0.3, 0.4) is 0 Å². The predicted molar refractivity (Wildman–Crippen MR) is 360 cm³/mol. The van der Waals surface area contributed by atoms with Gasteiger partial charge in [-0.3, -0.25) is 9.79 Å². The molecule has 22 heteroatoms. The van der Waals surface area contributed by atoms with Gasteiger partial charge in [-0.1, -0.05) is 149 Å². The van der Waals surface area contributed by atoms with Gasteiger partial charge in [-0.05, 0) is 147 Å². The zero-order valence-corrected chi connectivity index (χ0v) is 58.2. The minimum atomic E-state index is -1.59. The smallest absolute Gasteiger partial charge is 0.311 e. The number of ether oxygens (including phenoxy) is 3. The number of nitrogens with zero attached hydrogens (tertiary/aromatic N) is 1. The maximum absolute atomic E-state index is 14.2. The lowest BCUT2D eigenvalue weighted by atomic mass is 9.84. The van der Waals surface area contributed by atoms with Crippen molar-refractivity contribution < 1.29 is 95.3 Å². The number of carbonyl (C=O) groups excluding carboxylic acids is 2. The minimum absolute atomic E-state index is 0.0266. The summed E-state index contributed by atoms with van der Waals surface area (Å²) in [4.78, 5) is 28.4. The Hall–Kier alpha value is -2.91. The van der Waals surface area contributed by atoms with Crippen LogP contribution >= 0.6 is 0 Å². The number of nitrogens with two attached hydrogens (primary N) is 2. The molecule has 0 saturated carbocycles. The van der Waals surface area contributed by atoms with Gasteiger partial charge in [-0.15, -0.1) is 0 Å². The van der Waals surface area contributed by atoms with Crippen molar-refractivity contribution in [2.75, 3.05) is 13.2 Å². The van der Waals surface area contributed by atoms with Gasteiger partial charge in [-0.25, -0.2) is 0 Å². The van der Waals surface area contributed by atoms with Crippen LogP contribution in [0.15, 0.2) is 28.3 Å². The number of aliphatic carboxylic acids is 1. The molecule has 0 aromatic heterocycles. The van der Waals surface area contributed by atoms with Crippen LogP contribution in [-0.4, -0.2) is 195 Å². The number of esters is 1. The topological polar surface area (TPSA) is 412 Å². The number of aliphatic hydroxyl groups is 13. The van der Waals surface area contributed by atoms with Crippen LogP contribution in [0.25, 0.3) is 0 Å². The second kappa shape index (κ2) is 52.2. The molecular formula is C71H134N3O19-. The molecule has 17 N–H and O–H groups in total. The Morgan fingerprint density at radius 2 is 1.17 bits per heavy atom. The normalized spacial score (nSPS) is 33.3. The molecule has 2 aliphatic heterocycles. The molecule has 2 aliphatic rings. The summed E-state index contributed by atoms with van der Waals surface area (Å²) in [6, 6.07) is 0. The largest absolute Gasteiger partial charge is 0.550 e. The Kier molecular flexibility index (Phi) is 49.4. The fraction of sp³-hybridized carbons (Fsp3) is 0.901. The molecule has 2 heterocycles. The minimum Gasteiger partial charge on any atom is -0.550 e. The zero-order chi connectivity index (χ0) is 69.8. The summed E-state index contributed by atoms with van der Waals surface area (Å²) in [5.74, 6) is -3.55. The number of allylic oxidation sites excluding steroid dienone is 1. The van der Waals surface area contributed by atoms with Gasteiger partial charge < -0.3 is 102 Å². The van der Waals surface area contributed by atoms with Gasteiger partial charge in [0, 0.05) is 30.8 Å². The quantitative estimate of drug-likeness (QED) is 0.0145. The van der Waals surface area contributed by atoms with Crippen LogP contribution in [0.1, 0.15) is 273 Å². The Bertz CT molecular complexity index is 1980. The van der Waals surface area contributed by atoms with E-state index in [-0.39, 0.29) is 56.3 Å². The van der Waals surface area contributed by atoms with Crippen molar-refractivity contribution in [1.82, 2.24) is 0 Å². The Labute approximate surface area is 558 Å². The average molecular weight is 1330 g/mol. The van der Waals surface area contributed by atoms with E-state index < -0.39 is 128 Å². The first-order chi connectivity index (χ1) is 44.1. The van der Waals surface area contributed by atoms with Gasteiger partial charge in [0.15, 0.2) is 12.2 Å². The molecular weight excluding hydrogens is 1200 g/mol. The first-order valence-corrected chi connectivity index (χ1v) is 36.1. The van der Waals surface area contributed by atoms with Crippen molar-refractivity contribution >= 4 is 17.9 Å². The average Bonchev–Trinajstić information content (AvgIpc) is 1.79. The predicted octanol–water partition coefficient (Wildman–Crippen LogP) is 6.47. The highest BCUT2D eigenvalue weighted by Gasteiger charge is 2.45. The van der Waals surface area contributed by atoms with Gasteiger partial charge in [-0.2, -0.15) is 0 Å². The molecule has 1 fully saturated rings. The summed E-state index contributed by atoms with van der Waals surface area (Å²) >= 11 is 0. The van der Waals surface area contributed by atoms with E-state index in [0.717, 1.165) is 24.8 Å². The van der Waals surface area contributed by atoms with E-state index >= 15 is 0 Å².